The summed E-state index contributed by atoms with van der Waals surface area (Å²) >= 11 is 9.36. The summed E-state index contributed by atoms with van der Waals surface area (Å²) in [4.78, 5) is 11.3. The largest absolute Gasteiger partial charge is 0.463 e. The van der Waals surface area contributed by atoms with E-state index in [0.29, 0.717) is 13.2 Å². The van der Waals surface area contributed by atoms with Gasteiger partial charge in [-0.15, -0.1) is 0 Å². The molecule has 1 heterocycles. The van der Waals surface area contributed by atoms with Crippen molar-refractivity contribution >= 4 is 33.8 Å². The van der Waals surface area contributed by atoms with Gasteiger partial charge >= 0.3 is 5.97 Å². The van der Waals surface area contributed by atoms with Gasteiger partial charge in [0.2, 0.25) is 0 Å². The first-order chi connectivity index (χ1) is 14.6. The molecule has 2 aromatic carbocycles. The molecule has 1 aliphatic rings. The van der Waals surface area contributed by atoms with Gasteiger partial charge in [0.05, 0.1) is 25.1 Å². The van der Waals surface area contributed by atoms with Gasteiger partial charge in [0.1, 0.15) is 36.0 Å². The molecule has 0 aromatic heterocycles. The van der Waals surface area contributed by atoms with Gasteiger partial charge in [0.15, 0.2) is 0 Å². The van der Waals surface area contributed by atoms with Gasteiger partial charge in [0, 0.05) is 6.92 Å². The molecule has 0 spiro atoms. The summed E-state index contributed by atoms with van der Waals surface area (Å²) in [7, 11) is 0. The zero-order chi connectivity index (χ0) is 21.3. The van der Waals surface area contributed by atoms with Crippen LogP contribution in [0.3, 0.4) is 0 Å². The van der Waals surface area contributed by atoms with E-state index in [4.69, 9.17) is 35.1 Å². The van der Waals surface area contributed by atoms with Crippen molar-refractivity contribution in [3.8, 4) is 0 Å². The van der Waals surface area contributed by atoms with Crippen molar-refractivity contribution in [1.82, 2.24) is 0 Å². The first kappa shape index (κ1) is 23.2. The average Bonchev–Trinajstić information content (AvgIpc) is 2.76. The van der Waals surface area contributed by atoms with E-state index in [1.54, 1.807) is 0 Å². The summed E-state index contributed by atoms with van der Waals surface area (Å²) in [5.41, 5.74) is 2.02. The van der Waals surface area contributed by atoms with Crippen LogP contribution >= 0.6 is 27.8 Å². The minimum absolute atomic E-state index is 0.00851. The maximum absolute atomic E-state index is 11.3. The molecule has 3 rings (SSSR count). The Labute approximate surface area is 189 Å². The second-order valence-electron chi connectivity index (χ2n) is 6.90. The third kappa shape index (κ3) is 6.51. The van der Waals surface area contributed by atoms with Gasteiger partial charge in [-0.25, -0.2) is 0 Å². The average molecular weight is 500 g/mol. The molecular formula is C22H24BrClO6. The normalized spacial score (nSPS) is 26.3. The monoisotopic (exact) mass is 498 g/mol. The highest BCUT2D eigenvalue weighted by Gasteiger charge is 2.48. The fourth-order valence-electron chi connectivity index (χ4n) is 3.20. The number of ether oxygens (including phenoxy) is 4. The van der Waals surface area contributed by atoms with Gasteiger partial charge in [-0.1, -0.05) is 76.6 Å². The van der Waals surface area contributed by atoms with Crippen molar-refractivity contribution in [1.29, 1.82) is 0 Å². The summed E-state index contributed by atoms with van der Waals surface area (Å²) in [6.07, 6.45) is -2.39. The highest BCUT2D eigenvalue weighted by Crippen LogP contribution is 2.33. The Kier molecular flexibility index (Phi) is 9.11. The quantitative estimate of drug-likeness (QED) is 0.377. The van der Waals surface area contributed by atoms with Crippen LogP contribution in [0.2, 0.25) is 0 Å². The standard InChI is InChI=1S/C22H24BrClO6/c1-15(25)26-14-18-19(30-24)20(27-12-16-8-4-2-5-9-16)21(22(23)29-18)28-13-17-10-6-3-7-11-17/h2-11,18-22H,12-14H2,1H3/t18-,19-,20+,21-,22?/m1/s1. The minimum Gasteiger partial charge on any atom is -0.463 e. The van der Waals surface area contributed by atoms with Crippen LogP contribution in [0.25, 0.3) is 0 Å². The molecule has 0 radical (unpaired) electrons. The van der Waals surface area contributed by atoms with Crippen LogP contribution in [0.4, 0.5) is 0 Å². The summed E-state index contributed by atoms with van der Waals surface area (Å²) in [5.74, 6) is -0.415. The fraction of sp³-hybridized carbons (Fsp3) is 0.409. The smallest absolute Gasteiger partial charge is 0.302 e. The number of carbonyl (C=O) groups excluding carboxylic acids is 1. The van der Waals surface area contributed by atoms with Crippen molar-refractivity contribution in [3.63, 3.8) is 0 Å². The SMILES string of the molecule is CC(=O)OC[C@H]1OC(Br)[C@H](OCc2ccccc2)[C@@H](OCc2ccccc2)[C@@H]1OCl. The molecular weight excluding hydrogens is 476 g/mol. The topological polar surface area (TPSA) is 63.2 Å². The maximum atomic E-state index is 11.3. The zero-order valence-corrected chi connectivity index (χ0v) is 18.8. The number of hydrogen-bond donors (Lipinski definition) is 0. The van der Waals surface area contributed by atoms with Crippen molar-refractivity contribution in [2.24, 2.45) is 0 Å². The van der Waals surface area contributed by atoms with Crippen LogP contribution in [0.5, 0.6) is 0 Å². The molecule has 1 saturated heterocycles. The molecule has 30 heavy (non-hydrogen) atoms. The number of carbonyl (C=O) groups is 1. The van der Waals surface area contributed by atoms with E-state index in [-0.39, 0.29) is 6.61 Å². The lowest BCUT2D eigenvalue weighted by molar-refractivity contribution is -0.231. The van der Waals surface area contributed by atoms with Gasteiger partial charge in [-0.05, 0) is 11.1 Å². The number of rotatable bonds is 9. The van der Waals surface area contributed by atoms with Crippen LogP contribution in [-0.4, -0.2) is 42.0 Å². The lowest BCUT2D eigenvalue weighted by atomic mass is 9.99. The molecule has 0 saturated carbocycles. The van der Waals surface area contributed by atoms with E-state index in [0.717, 1.165) is 11.1 Å². The second-order valence-corrected chi connectivity index (χ2v) is 7.99. The van der Waals surface area contributed by atoms with Crippen LogP contribution in [-0.2, 0) is 41.2 Å². The number of esters is 1. The summed E-state index contributed by atoms with van der Waals surface area (Å²) in [6.45, 7) is 2.03. The minimum atomic E-state index is -0.704. The lowest BCUT2D eigenvalue weighted by Crippen LogP contribution is -2.59. The third-order valence-electron chi connectivity index (χ3n) is 4.70. The Hall–Kier alpha value is -1.48. The Morgan fingerprint density at radius 3 is 1.97 bits per heavy atom. The first-order valence-corrected chi connectivity index (χ1v) is 10.8. The van der Waals surface area contributed by atoms with Crippen molar-refractivity contribution in [3.05, 3.63) is 71.8 Å². The van der Waals surface area contributed by atoms with Gasteiger partial charge in [-0.2, -0.15) is 0 Å². The van der Waals surface area contributed by atoms with E-state index in [2.05, 4.69) is 15.9 Å². The van der Waals surface area contributed by atoms with Crippen LogP contribution in [0.15, 0.2) is 60.7 Å². The molecule has 1 aliphatic heterocycles. The molecule has 1 fully saturated rings. The Balaban J connectivity index is 1.75. The van der Waals surface area contributed by atoms with Crippen LogP contribution in [0, 0.1) is 0 Å². The highest BCUT2D eigenvalue weighted by molar-refractivity contribution is 9.09. The molecule has 0 amide bonds. The third-order valence-corrected chi connectivity index (χ3v) is 5.64. The molecule has 0 aliphatic carbocycles. The Bertz CT molecular complexity index is 778. The van der Waals surface area contributed by atoms with Crippen molar-refractivity contribution < 1.29 is 28.0 Å². The number of alkyl halides is 1. The summed E-state index contributed by atoms with van der Waals surface area (Å²) in [6, 6.07) is 19.6. The van der Waals surface area contributed by atoms with Crippen molar-refractivity contribution in [2.75, 3.05) is 6.61 Å². The van der Waals surface area contributed by atoms with E-state index >= 15 is 0 Å². The molecule has 2 aromatic rings. The van der Waals surface area contributed by atoms with Crippen LogP contribution in [0.1, 0.15) is 18.1 Å². The Morgan fingerprint density at radius 1 is 0.933 bits per heavy atom. The van der Waals surface area contributed by atoms with Gasteiger partial charge < -0.3 is 18.9 Å². The number of hydrogen-bond acceptors (Lipinski definition) is 6. The molecule has 6 nitrogen and oxygen atoms in total. The van der Waals surface area contributed by atoms with E-state index in [1.165, 1.54) is 6.92 Å². The molecule has 1 unspecified atom stereocenters. The molecule has 0 N–H and O–H groups in total. The summed E-state index contributed by atoms with van der Waals surface area (Å²) < 4.78 is 28.6. The molecule has 0 bridgehead atoms. The van der Waals surface area contributed by atoms with Gasteiger partial charge in [-0.3, -0.25) is 9.08 Å². The predicted molar refractivity (Wildman–Crippen MR) is 115 cm³/mol. The van der Waals surface area contributed by atoms with E-state index in [9.17, 15) is 4.79 Å². The maximum Gasteiger partial charge on any atom is 0.302 e. The lowest BCUT2D eigenvalue weighted by Gasteiger charge is -2.43. The van der Waals surface area contributed by atoms with Gasteiger partial charge in [0.25, 0.3) is 0 Å². The van der Waals surface area contributed by atoms with E-state index < -0.39 is 35.4 Å². The number of benzene rings is 2. The molecule has 5 atom stereocenters. The molecule has 162 valence electrons. The number of halogens is 2. The highest BCUT2D eigenvalue weighted by atomic mass is 79.9. The van der Waals surface area contributed by atoms with Crippen molar-refractivity contribution in [2.45, 2.75) is 49.6 Å². The molecule has 8 heteroatoms. The fourth-order valence-corrected chi connectivity index (χ4v) is 4.15. The van der Waals surface area contributed by atoms with Crippen LogP contribution < -0.4 is 0 Å². The second kappa shape index (κ2) is 11.8. The summed E-state index contributed by atoms with van der Waals surface area (Å²) in [5, 5.41) is -0.509. The Morgan fingerprint density at radius 2 is 1.47 bits per heavy atom. The predicted octanol–water partition coefficient (Wildman–Crippen LogP) is 4.38. The first-order valence-electron chi connectivity index (χ1n) is 9.60. The van der Waals surface area contributed by atoms with E-state index in [1.807, 2.05) is 60.7 Å². The zero-order valence-electron chi connectivity index (χ0n) is 16.5.